The highest BCUT2D eigenvalue weighted by Crippen LogP contribution is 2.28. The van der Waals surface area contributed by atoms with E-state index in [0.717, 1.165) is 6.42 Å². The SMILES string of the molecule is CCCC(O)c1cc(Cl)ncc1NC(=O)OC(C)(C)C. The molecule has 0 bridgehead atoms. The molecule has 0 aromatic carbocycles. The van der Waals surface area contributed by atoms with Gasteiger partial charge in [-0.05, 0) is 33.3 Å². The van der Waals surface area contributed by atoms with Crippen molar-refractivity contribution in [2.75, 3.05) is 5.32 Å². The van der Waals surface area contributed by atoms with Gasteiger partial charge in [0.05, 0.1) is 18.0 Å². The van der Waals surface area contributed by atoms with E-state index in [2.05, 4.69) is 10.3 Å². The molecular weight excluding hydrogens is 280 g/mol. The summed E-state index contributed by atoms with van der Waals surface area (Å²) in [6, 6.07) is 1.55. The molecule has 1 rings (SSSR count). The summed E-state index contributed by atoms with van der Waals surface area (Å²) in [5.41, 5.74) is 0.355. The van der Waals surface area contributed by atoms with Gasteiger partial charge in [-0.3, -0.25) is 5.32 Å². The summed E-state index contributed by atoms with van der Waals surface area (Å²) in [5.74, 6) is 0. The van der Waals surface area contributed by atoms with Gasteiger partial charge in [0.15, 0.2) is 0 Å². The van der Waals surface area contributed by atoms with Crippen LogP contribution in [-0.4, -0.2) is 21.8 Å². The van der Waals surface area contributed by atoms with Gasteiger partial charge >= 0.3 is 6.09 Å². The predicted octanol–water partition coefficient (Wildman–Crippen LogP) is 3.92. The molecule has 0 saturated heterocycles. The molecule has 5 nitrogen and oxygen atoms in total. The Kier molecular flexibility index (Phi) is 5.77. The molecule has 1 aromatic rings. The standard InChI is InChI=1S/C14H21ClN2O3/c1-5-6-11(18)9-7-12(15)16-8-10(9)17-13(19)20-14(2,3)4/h7-8,11,18H,5-6H2,1-4H3,(H,17,19). The molecule has 0 radical (unpaired) electrons. The van der Waals surface area contributed by atoms with E-state index >= 15 is 0 Å². The van der Waals surface area contributed by atoms with Crippen LogP contribution in [0.2, 0.25) is 5.15 Å². The number of rotatable bonds is 4. The molecule has 1 heterocycles. The van der Waals surface area contributed by atoms with Crippen LogP contribution in [0.25, 0.3) is 0 Å². The van der Waals surface area contributed by atoms with E-state index in [1.54, 1.807) is 26.8 Å². The summed E-state index contributed by atoms with van der Waals surface area (Å²) < 4.78 is 5.17. The van der Waals surface area contributed by atoms with Crippen LogP contribution < -0.4 is 5.32 Å². The lowest BCUT2D eigenvalue weighted by Gasteiger charge is -2.21. The molecule has 0 aliphatic rings. The highest BCUT2D eigenvalue weighted by molar-refractivity contribution is 6.29. The minimum absolute atomic E-state index is 0.268. The Bertz CT molecular complexity index is 472. The first kappa shape index (κ1) is 16.7. The number of carbonyl (C=O) groups is 1. The number of amides is 1. The summed E-state index contributed by atoms with van der Waals surface area (Å²) in [5, 5.41) is 13.0. The van der Waals surface area contributed by atoms with Gasteiger partial charge in [-0.15, -0.1) is 0 Å². The van der Waals surface area contributed by atoms with Crippen LogP contribution in [0.4, 0.5) is 10.5 Å². The second-order valence-corrected chi connectivity index (χ2v) is 5.91. The fourth-order valence-corrected chi connectivity index (χ4v) is 1.83. The number of aromatic nitrogens is 1. The van der Waals surface area contributed by atoms with Crippen LogP contribution in [0.1, 0.15) is 52.2 Å². The normalized spacial score (nSPS) is 12.9. The molecule has 0 saturated carbocycles. The first-order chi connectivity index (χ1) is 9.23. The van der Waals surface area contributed by atoms with E-state index in [0.29, 0.717) is 17.7 Å². The lowest BCUT2D eigenvalue weighted by molar-refractivity contribution is 0.0635. The lowest BCUT2D eigenvalue weighted by atomic mass is 10.1. The second kappa shape index (κ2) is 6.90. The fraction of sp³-hybridized carbons (Fsp3) is 0.571. The number of nitrogens with one attached hydrogen (secondary N) is 1. The molecule has 1 unspecified atom stereocenters. The maximum absolute atomic E-state index is 11.8. The number of hydrogen-bond acceptors (Lipinski definition) is 4. The Balaban J connectivity index is 2.91. The van der Waals surface area contributed by atoms with Crippen molar-refractivity contribution in [2.24, 2.45) is 0 Å². The number of hydrogen-bond donors (Lipinski definition) is 2. The summed E-state index contributed by atoms with van der Waals surface area (Å²) in [4.78, 5) is 15.7. The van der Waals surface area contributed by atoms with Crippen molar-refractivity contribution >= 4 is 23.4 Å². The number of pyridine rings is 1. The molecule has 2 N–H and O–H groups in total. The topological polar surface area (TPSA) is 71.5 Å². The van der Waals surface area contributed by atoms with Gasteiger partial charge < -0.3 is 9.84 Å². The Labute approximate surface area is 124 Å². The monoisotopic (exact) mass is 300 g/mol. The van der Waals surface area contributed by atoms with E-state index in [4.69, 9.17) is 16.3 Å². The third-order valence-corrected chi connectivity index (χ3v) is 2.67. The zero-order chi connectivity index (χ0) is 15.3. The number of halogens is 1. The van der Waals surface area contributed by atoms with Crippen molar-refractivity contribution in [2.45, 2.75) is 52.2 Å². The first-order valence-corrected chi connectivity index (χ1v) is 6.94. The van der Waals surface area contributed by atoms with Crippen molar-refractivity contribution in [3.8, 4) is 0 Å². The Morgan fingerprint density at radius 3 is 2.75 bits per heavy atom. The van der Waals surface area contributed by atoms with Crippen molar-refractivity contribution in [3.63, 3.8) is 0 Å². The van der Waals surface area contributed by atoms with Crippen molar-refractivity contribution < 1.29 is 14.6 Å². The Morgan fingerprint density at radius 1 is 1.55 bits per heavy atom. The largest absolute Gasteiger partial charge is 0.444 e. The quantitative estimate of drug-likeness (QED) is 0.827. The highest BCUT2D eigenvalue weighted by Gasteiger charge is 2.19. The van der Waals surface area contributed by atoms with Gasteiger partial charge in [-0.2, -0.15) is 0 Å². The molecule has 0 aliphatic carbocycles. The van der Waals surface area contributed by atoms with Gasteiger partial charge in [-0.1, -0.05) is 24.9 Å². The number of anilines is 1. The van der Waals surface area contributed by atoms with Crippen LogP contribution >= 0.6 is 11.6 Å². The molecular formula is C14H21ClN2O3. The van der Waals surface area contributed by atoms with Gasteiger partial charge in [0.1, 0.15) is 10.8 Å². The number of aliphatic hydroxyl groups excluding tert-OH is 1. The molecule has 1 aromatic heterocycles. The molecule has 20 heavy (non-hydrogen) atoms. The zero-order valence-corrected chi connectivity index (χ0v) is 13.0. The van der Waals surface area contributed by atoms with E-state index in [1.807, 2.05) is 6.92 Å². The first-order valence-electron chi connectivity index (χ1n) is 6.56. The Morgan fingerprint density at radius 2 is 2.20 bits per heavy atom. The minimum atomic E-state index is -0.703. The van der Waals surface area contributed by atoms with E-state index in [-0.39, 0.29) is 5.15 Å². The van der Waals surface area contributed by atoms with E-state index in [9.17, 15) is 9.90 Å². The molecule has 6 heteroatoms. The van der Waals surface area contributed by atoms with Gasteiger partial charge in [0.25, 0.3) is 0 Å². The highest BCUT2D eigenvalue weighted by atomic mass is 35.5. The molecule has 112 valence electrons. The van der Waals surface area contributed by atoms with Gasteiger partial charge in [-0.25, -0.2) is 9.78 Å². The number of aliphatic hydroxyl groups is 1. The lowest BCUT2D eigenvalue weighted by Crippen LogP contribution is -2.27. The summed E-state index contributed by atoms with van der Waals surface area (Å²) in [7, 11) is 0. The fourth-order valence-electron chi connectivity index (χ4n) is 1.67. The average Bonchev–Trinajstić information content (AvgIpc) is 2.29. The van der Waals surface area contributed by atoms with Crippen molar-refractivity contribution in [3.05, 3.63) is 23.0 Å². The second-order valence-electron chi connectivity index (χ2n) is 5.53. The Hall–Kier alpha value is -1.33. The van der Waals surface area contributed by atoms with Crippen LogP contribution in [0.15, 0.2) is 12.3 Å². The predicted molar refractivity (Wildman–Crippen MR) is 79.0 cm³/mol. The van der Waals surface area contributed by atoms with Crippen LogP contribution in [0.3, 0.4) is 0 Å². The molecule has 0 spiro atoms. The van der Waals surface area contributed by atoms with Crippen LogP contribution in [-0.2, 0) is 4.74 Å². The number of ether oxygens (including phenoxy) is 1. The minimum Gasteiger partial charge on any atom is -0.444 e. The van der Waals surface area contributed by atoms with Crippen LogP contribution in [0.5, 0.6) is 0 Å². The summed E-state index contributed by atoms with van der Waals surface area (Å²) >= 11 is 5.84. The van der Waals surface area contributed by atoms with Crippen LogP contribution in [0, 0.1) is 0 Å². The van der Waals surface area contributed by atoms with Crippen molar-refractivity contribution in [1.29, 1.82) is 0 Å². The van der Waals surface area contributed by atoms with Gasteiger partial charge in [0.2, 0.25) is 0 Å². The van der Waals surface area contributed by atoms with E-state index < -0.39 is 17.8 Å². The summed E-state index contributed by atoms with van der Waals surface area (Å²) in [6.45, 7) is 7.30. The zero-order valence-electron chi connectivity index (χ0n) is 12.2. The smallest absolute Gasteiger partial charge is 0.412 e. The maximum Gasteiger partial charge on any atom is 0.412 e. The molecule has 0 aliphatic heterocycles. The summed E-state index contributed by atoms with van der Waals surface area (Å²) in [6.07, 6.45) is 1.51. The molecule has 0 fully saturated rings. The van der Waals surface area contributed by atoms with Crippen molar-refractivity contribution in [1.82, 2.24) is 4.98 Å². The van der Waals surface area contributed by atoms with E-state index in [1.165, 1.54) is 6.20 Å². The third kappa shape index (κ3) is 5.35. The molecule has 1 atom stereocenters. The number of carbonyl (C=O) groups excluding carboxylic acids is 1. The molecule has 1 amide bonds. The number of nitrogens with zero attached hydrogens (tertiary/aromatic N) is 1. The van der Waals surface area contributed by atoms with Gasteiger partial charge in [0, 0.05) is 5.56 Å². The third-order valence-electron chi connectivity index (χ3n) is 2.46. The average molecular weight is 301 g/mol. The maximum atomic E-state index is 11.8.